The van der Waals surface area contributed by atoms with Gasteiger partial charge in [0.2, 0.25) is 0 Å². The third kappa shape index (κ3) is 5.00. The van der Waals surface area contributed by atoms with Crippen LogP contribution < -0.4 is 9.62 Å². The van der Waals surface area contributed by atoms with Crippen LogP contribution in [-0.4, -0.2) is 26.6 Å². The highest BCUT2D eigenvalue weighted by atomic mass is 35.5. The molecule has 12 heteroatoms. The minimum atomic E-state index is -2.69. The van der Waals surface area contributed by atoms with Crippen molar-refractivity contribution in [3.05, 3.63) is 91.4 Å². The van der Waals surface area contributed by atoms with E-state index in [0.29, 0.717) is 44.1 Å². The first-order chi connectivity index (χ1) is 18.2. The summed E-state index contributed by atoms with van der Waals surface area (Å²) in [6.45, 7) is -0.105. The number of anilines is 1. The molecule has 0 saturated heterocycles. The van der Waals surface area contributed by atoms with Gasteiger partial charge in [0.1, 0.15) is 16.4 Å². The molecule has 0 aliphatic heterocycles. The summed E-state index contributed by atoms with van der Waals surface area (Å²) in [7, 11) is 1.53. The summed E-state index contributed by atoms with van der Waals surface area (Å²) in [5.74, 6) is 0.118. The normalized spacial score (nSPS) is 13.9. The van der Waals surface area contributed by atoms with Crippen molar-refractivity contribution in [1.82, 2.24) is 5.32 Å². The number of carbonyl (C=O) groups excluding carboxylic acids is 1. The molecule has 4 aromatic rings. The molecule has 1 aliphatic rings. The molecule has 1 unspecified atom stereocenters. The van der Waals surface area contributed by atoms with E-state index in [1.165, 1.54) is 25.2 Å². The van der Waals surface area contributed by atoms with E-state index in [1.54, 1.807) is 30.3 Å². The summed E-state index contributed by atoms with van der Waals surface area (Å²) in [4.78, 5) is 23.5. The van der Waals surface area contributed by atoms with Gasteiger partial charge in [0, 0.05) is 46.4 Å². The molecular weight excluding hydrogens is 553 g/mol. The Morgan fingerprint density at radius 3 is 2.45 bits per heavy atom. The summed E-state index contributed by atoms with van der Waals surface area (Å²) >= 11 is 9.41. The molecule has 196 valence electrons. The van der Waals surface area contributed by atoms with Crippen molar-refractivity contribution >= 4 is 62.7 Å². The number of hydrogen-bond donors (Lipinski definition) is 1. The molecule has 1 heterocycles. The largest absolute Gasteiger partial charge is 0.755 e. The smallest absolute Gasteiger partial charge is 0.287 e. The minimum Gasteiger partial charge on any atom is -0.755 e. The predicted octanol–water partition coefficient (Wildman–Crippen LogP) is 6.35. The zero-order valence-corrected chi connectivity index (χ0v) is 22.2. The van der Waals surface area contributed by atoms with Crippen molar-refractivity contribution in [3.63, 3.8) is 0 Å². The molecule has 1 saturated carbocycles. The topological polar surface area (TPSA) is 129 Å². The number of amides is 1. The number of nitrogens with zero attached hydrogens (tertiary/aromatic N) is 2. The second-order valence-electron chi connectivity index (χ2n) is 8.87. The summed E-state index contributed by atoms with van der Waals surface area (Å²) in [5.41, 5.74) is 2.70. The van der Waals surface area contributed by atoms with Gasteiger partial charge in [-0.3, -0.25) is 23.4 Å². The van der Waals surface area contributed by atoms with E-state index in [9.17, 15) is 23.7 Å². The second-order valence-corrected chi connectivity index (χ2v) is 10.6. The lowest BCUT2D eigenvalue weighted by atomic mass is 10.00. The maximum atomic E-state index is 13.0. The van der Waals surface area contributed by atoms with Crippen LogP contribution in [0, 0.1) is 10.1 Å². The number of rotatable bonds is 8. The first-order valence-corrected chi connectivity index (χ1v) is 13.3. The van der Waals surface area contributed by atoms with Gasteiger partial charge in [-0.05, 0) is 66.3 Å². The highest BCUT2D eigenvalue weighted by Gasteiger charge is 2.31. The molecule has 9 nitrogen and oxygen atoms in total. The number of benzene rings is 3. The summed E-state index contributed by atoms with van der Waals surface area (Å²) < 4.78 is 32.2. The van der Waals surface area contributed by atoms with Crippen molar-refractivity contribution in [2.45, 2.75) is 25.3 Å². The van der Waals surface area contributed by atoms with Crippen LogP contribution in [-0.2, 0) is 17.8 Å². The molecule has 1 aromatic heterocycles. The Bertz CT molecular complexity index is 1600. The number of fused-ring (bicyclic) bond motifs is 1. The third-order valence-electron chi connectivity index (χ3n) is 6.40. The van der Waals surface area contributed by atoms with Gasteiger partial charge in [-0.25, -0.2) is 0 Å². The summed E-state index contributed by atoms with van der Waals surface area (Å²) in [6, 6.07) is 14.4. The van der Waals surface area contributed by atoms with Gasteiger partial charge >= 0.3 is 0 Å². The lowest BCUT2D eigenvalue weighted by molar-refractivity contribution is -0.384. The van der Waals surface area contributed by atoms with Crippen LogP contribution in [0.15, 0.2) is 59.0 Å². The van der Waals surface area contributed by atoms with E-state index in [-0.39, 0.29) is 29.1 Å². The van der Waals surface area contributed by atoms with Crippen LogP contribution >= 0.6 is 23.2 Å². The van der Waals surface area contributed by atoms with Crippen LogP contribution in [0.2, 0.25) is 10.0 Å². The quantitative estimate of drug-likeness (QED) is 0.149. The molecule has 0 radical (unpaired) electrons. The van der Waals surface area contributed by atoms with Crippen molar-refractivity contribution in [3.8, 4) is 11.3 Å². The zero-order chi connectivity index (χ0) is 27.1. The number of nitro benzene ring substituents is 1. The van der Waals surface area contributed by atoms with Gasteiger partial charge in [0.15, 0.2) is 0 Å². The fourth-order valence-corrected chi connectivity index (χ4v) is 5.39. The number of carbonyl (C=O) groups is 1. The van der Waals surface area contributed by atoms with Crippen LogP contribution in [0.5, 0.6) is 0 Å². The van der Waals surface area contributed by atoms with Gasteiger partial charge in [0.05, 0.1) is 22.7 Å². The highest BCUT2D eigenvalue weighted by Crippen LogP contribution is 2.48. The number of furan rings is 1. The Morgan fingerprint density at radius 1 is 1.16 bits per heavy atom. The molecule has 0 bridgehead atoms. The SMILES string of the molecule is CNC(=O)c1c(-c2ccc(Cl)cc2)oc2cc(N(Cc3ccc([N+](=O)[O-])c(Cl)c3)S(=O)[O-])c(C3CC3)cc12. The van der Waals surface area contributed by atoms with Crippen molar-refractivity contribution < 1.29 is 22.9 Å². The molecule has 5 rings (SSSR count). The van der Waals surface area contributed by atoms with E-state index >= 15 is 0 Å². The lowest BCUT2D eigenvalue weighted by Crippen LogP contribution is -2.26. The van der Waals surface area contributed by atoms with Crippen molar-refractivity contribution in [2.75, 3.05) is 11.4 Å². The molecular formula is C26H20Cl2N3O6S-. The average molecular weight is 573 g/mol. The molecule has 1 atom stereocenters. The molecule has 1 N–H and O–H groups in total. The van der Waals surface area contributed by atoms with Gasteiger partial charge < -0.3 is 14.3 Å². The van der Waals surface area contributed by atoms with E-state index in [0.717, 1.165) is 22.7 Å². The monoisotopic (exact) mass is 572 g/mol. The molecule has 1 amide bonds. The molecule has 3 aromatic carbocycles. The Balaban J connectivity index is 1.66. The van der Waals surface area contributed by atoms with Crippen LogP contribution in [0.1, 0.15) is 40.2 Å². The van der Waals surface area contributed by atoms with E-state index in [2.05, 4.69) is 5.32 Å². The standard InChI is InChI=1S/C26H21Cl2N3O6S/c1-29-26(32)24-19-11-18(15-3-4-15)22(12-23(19)37-25(24)16-5-7-17(27)8-6-16)30(38(35)36)13-14-2-9-21(31(33)34)20(28)10-14/h2,5-12,15H,3-4,13H2,1H3,(H,29,32)(H,35,36)/p-1. The van der Waals surface area contributed by atoms with Gasteiger partial charge in [-0.1, -0.05) is 29.3 Å². The van der Waals surface area contributed by atoms with E-state index < -0.39 is 16.2 Å². The highest BCUT2D eigenvalue weighted by molar-refractivity contribution is 7.80. The number of hydrogen-bond acceptors (Lipinski definition) is 6. The average Bonchev–Trinajstić information content (AvgIpc) is 3.66. The molecule has 1 fully saturated rings. The number of halogens is 2. The Hall–Kier alpha value is -3.44. The number of nitrogens with one attached hydrogen (secondary N) is 1. The lowest BCUT2D eigenvalue weighted by Gasteiger charge is -2.29. The van der Waals surface area contributed by atoms with Crippen LogP contribution in [0.25, 0.3) is 22.3 Å². The third-order valence-corrected chi connectivity index (χ3v) is 7.64. The fraction of sp³-hybridized carbons (Fsp3) is 0.192. The van der Waals surface area contributed by atoms with Gasteiger partial charge in [0.25, 0.3) is 11.6 Å². The predicted molar refractivity (Wildman–Crippen MR) is 145 cm³/mol. The first-order valence-electron chi connectivity index (χ1n) is 11.6. The van der Waals surface area contributed by atoms with Crippen molar-refractivity contribution in [2.24, 2.45) is 0 Å². The molecule has 0 spiro atoms. The Kier molecular flexibility index (Phi) is 7.15. The van der Waals surface area contributed by atoms with Crippen molar-refractivity contribution in [1.29, 1.82) is 0 Å². The molecule has 1 aliphatic carbocycles. The summed E-state index contributed by atoms with van der Waals surface area (Å²) in [5, 5.41) is 14.8. The minimum absolute atomic E-state index is 0.0872. The maximum Gasteiger partial charge on any atom is 0.287 e. The van der Waals surface area contributed by atoms with Crippen LogP contribution in [0.4, 0.5) is 11.4 Å². The first kappa shape index (κ1) is 26.2. The maximum absolute atomic E-state index is 13.0. The van der Waals surface area contributed by atoms with E-state index in [1.807, 2.05) is 6.07 Å². The van der Waals surface area contributed by atoms with Crippen LogP contribution in [0.3, 0.4) is 0 Å². The van der Waals surface area contributed by atoms with E-state index in [4.69, 9.17) is 27.6 Å². The Morgan fingerprint density at radius 2 is 1.87 bits per heavy atom. The Labute approximate surface area is 229 Å². The van der Waals surface area contributed by atoms with Gasteiger partial charge in [-0.15, -0.1) is 0 Å². The zero-order valence-electron chi connectivity index (χ0n) is 19.9. The number of nitro groups is 1. The fourth-order valence-electron chi connectivity index (χ4n) is 4.42. The van der Waals surface area contributed by atoms with Gasteiger partial charge in [-0.2, -0.15) is 0 Å². The summed E-state index contributed by atoms with van der Waals surface area (Å²) in [6.07, 6.45) is 1.75. The molecule has 38 heavy (non-hydrogen) atoms. The second kappa shape index (κ2) is 10.4.